The van der Waals surface area contributed by atoms with E-state index >= 15 is 0 Å². The molecule has 2 atom stereocenters. The molecule has 2 aromatic heterocycles. The number of pyridine rings is 1. The first kappa shape index (κ1) is 22.1. The van der Waals surface area contributed by atoms with Gasteiger partial charge in [-0.15, -0.1) is 11.3 Å². The number of carbonyl (C=O) groups excluding carboxylic acids is 1. The van der Waals surface area contributed by atoms with Crippen LogP contribution in [0.5, 0.6) is 0 Å². The fourth-order valence-corrected chi connectivity index (χ4v) is 6.41. The monoisotopic (exact) mass is 479 g/mol. The molecule has 0 aliphatic carbocycles. The summed E-state index contributed by atoms with van der Waals surface area (Å²) in [6.07, 6.45) is 5.36. The average molecular weight is 480 g/mol. The highest BCUT2D eigenvalue weighted by atomic mass is 35.5. The van der Waals surface area contributed by atoms with Crippen LogP contribution in [0.4, 0.5) is 5.82 Å². The van der Waals surface area contributed by atoms with Crippen molar-refractivity contribution < 1.29 is 9.90 Å². The summed E-state index contributed by atoms with van der Waals surface area (Å²) in [7, 11) is 0. The molecule has 33 heavy (non-hydrogen) atoms. The van der Waals surface area contributed by atoms with Crippen LogP contribution in [0.15, 0.2) is 61.3 Å². The molecule has 7 heteroatoms. The minimum absolute atomic E-state index is 0.0228. The fraction of sp³-hybridized carbons (Fsp3) is 0.308. The fourth-order valence-electron chi connectivity index (χ4n) is 5.05. The van der Waals surface area contributed by atoms with E-state index in [2.05, 4.69) is 29.7 Å². The maximum absolute atomic E-state index is 12.5. The van der Waals surface area contributed by atoms with Gasteiger partial charge in [-0.3, -0.25) is 4.79 Å². The minimum atomic E-state index is -0.0669. The largest absolute Gasteiger partial charge is 0.394 e. The van der Waals surface area contributed by atoms with Crippen LogP contribution >= 0.6 is 22.9 Å². The molecule has 5 rings (SSSR count). The number of aliphatic hydroxyl groups is 1. The molecule has 1 N–H and O–H groups in total. The van der Waals surface area contributed by atoms with Crippen LogP contribution in [0.2, 0.25) is 4.34 Å². The van der Waals surface area contributed by atoms with Gasteiger partial charge in [-0.25, -0.2) is 4.98 Å². The highest BCUT2D eigenvalue weighted by Crippen LogP contribution is 2.43. The van der Waals surface area contributed by atoms with Crippen LogP contribution in [-0.2, 0) is 11.3 Å². The van der Waals surface area contributed by atoms with Crippen molar-refractivity contribution >= 4 is 34.7 Å². The predicted molar refractivity (Wildman–Crippen MR) is 134 cm³/mol. The second-order valence-electron chi connectivity index (χ2n) is 8.57. The molecule has 1 saturated heterocycles. The van der Waals surface area contributed by atoms with Crippen LogP contribution in [0.3, 0.4) is 0 Å². The maximum Gasteiger partial charge on any atom is 0.246 e. The van der Waals surface area contributed by atoms with E-state index in [1.54, 1.807) is 0 Å². The molecule has 0 bridgehead atoms. The predicted octanol–water partition coefficient (Wildman–Crippen LogP) is 5.08. The number of halogens is 1. The van der Waals surface area contributed by atoms with Crippen molar-refractivity contribution in [3.05, 3.63) is 81.7 Å². The molecule has 3 aromatic rings. The molecule has 0 radical (unpaired) electrons. The van der Waals surface area contributed by atoms with E-state index in [0.29, 0.717) is 13.1 Å². The van der Waals surface area contributed by atoms with Crippen molar-refractivity contribution in [3.8, 4) is 11.1 Å². The Balaban J connectivity index is 1.51. The number of hydrogen-bond donors (Lipinski definition) is 1. The minimum Gasteiger partial charge on any atom is -0.394 e. The van der Waals surface area contributed by atoms with Gasteiger partial charge in [-0.2, -0.15) is 0 Å². The number of aromatic nitrogens is 1. The average Bonchev–Trinajstić information content (AvgIpc) is 3.48. The number of anilines is 1. The third kappa shape index (κ3) is 4.19. The van der Waals surface area contributed by atoms with Crippen molar-refractivity contribution in [2.45, 2.75) is 31.3 Å². The number of nitrogens with zero attached hydrogens (tertiary/aromatic N) is 3. The van der Waals surface area contributed by atoms with Gasteiger partial charge in [-0.1, -0.05) is 42.4 Å². The van der Waals surface area contributed by atoms with Crippen LogP contribution < -0.4 is 4.90 Å². The summed E-state index contributed by atoms with van der Waals surface area (Å²) < 4.78 is 0.741. The van der Waals surface area contributed by atoms with Crippen molar-refractivity contribution in [2.24, 2.45) is 0 Å². The molecule has 1 aromatic carbocycles. The van der Waals surface area contributed by atoms with Crippen molar-refractivity contribution in [1.82, 2.24) is 9.88 Å². The Hall–Kier alpha value is -2.67. The van der Waals surface area contributed by atoms with E-state index in [1.165, 1.54) is 23.0 Å². The Morgan fingerprint density at radius 1 is 1.27 bits per heavy atom. The molecule has 0 spiro atoms. The van der Waals surface area contributed by atoms with Crippen LogP contribution in [-0.4, -0.2) is 46.6 Å². The lowest BCUT2D eigenvalue weighted by Gasteiger charge is -2.33. The molecule has 0 saturated carbocycles. The summed E-state index contributed by atoms with van der Waals surface area (Å²) in [6, 6.07) is 14.7. The number of carbonyl (C=O) groups is 1. The molecular formula is C26H26ClN3O2S. The zero-order valence-corrected chi connectivity index (χ0v) is 19.9. The second-order valence-corrected chi connectivity index (χ2v) is 10.3. The number of rotatable bonds is 5. The van der Waals surface area contributed by atoms with Crippen LogP contribution in [0.1, 0.15) is 34.8 Å². The molecule has 0 unspecified atom stereocenters. The summed E-state index contributed by atoms with van der Waals surface area (Å²) >= 11 is 7.93. The smallest absolute Gasteiger partial charge is 0.246 e. The van der Waals surface area contributed by atoms with Gasteiger partial charge in [0.25, 0.3) is 0 Å². The molecule has 4 heterocycles. The SMILES string of the molecule is C=CC(=O)N1Cc2sc(Cl)cc2[C@H](c2ccccc2-c2ccc(N3CCC[C@@H]3CO)nc2)C1. The van der Waals surface area contributed by atoms with Gasteiger partial charge in [0.2, 0.25) is 5.91 Å². The molecule has 1 amide bonds. The Labute approximate surface area is 202 Å². The molecule has 2 aliphatic heterocycles. The number of hydrogen-bond acceptors (Lipinski definition) is 5. The van der Waals surface area contributed by atoms with E-state index in [0.717, 1.165) is 51.1 Å². The third-order valence-electron chi connectivity index (χ3n) is 6.69. The van der Waals surface area contributed by atoms with E-state index in [-0.39, 0.29) is 24.5 Å². The second kappa shape index (κ2) is 9.29. The summed E-state index contributed by atoms with van der Waals surface area (Å²) in [4.78, 5) is 22.4. The lowest BCUT2D eigenvalue weighted by atomic mass is 9.84. The first-order valence-electron chi connectivity index (χ1n) is 11.2. The Morgan fingerprint density at radius 2 is 2.12 bits per heavy atom. The zero-order valence-electron chi connectivity index (χ0n) is 18.3. The highest BCUT2D eigenvalue weighted by molar-refractivity contribution is 7.16. The Kier molecular flexibility index (Phi) is 6.23. The molecule has 170 valence electrons. The van der Waals surface area contributed by atoms with Gasteiger partial charge in [-0.05, 0) is 53.8 Å². The standard InChI is InChI=1S/C26H26ClN3O2S/c1-2-26(32)29-14-22(21-12-24(27)33-23(21)15-29)20-8-4-3-7-19(20)17-9-10-25(28-13-17)30-11-5-6-18(30)16-31/h2-4,7-10,12-13,18,22,31H,1,5-6,11,14-16H2/t18-,22+/m1/s1. The quantitative estimate of drug-likeness (QED) is 0.518. The van der Waals surface area contributed by atoms with Crippen molar-refractivity contribution in [2.75, 3.05) is 24.6 Å². The summed E-state index contributed by atoms with van der Waals surface area (Å²) in [5, 5.41) is 9.66. The summed E-state index contributed by atoms with van der Waals surface area (Å²) in [5.74, 6) is 0.859. The van der Waals surface area contributed by atoms with Gasteiger partial charge >= 0.3 is 0 Å². The topological polar surface area (TPSA) is 56.7 Å². The zero-order chi connectivity index (χ0) is 22.9. The molecule has 5 nitrogen and oxygen atoms in total. The summed E-state index contributed by atoms with van der Waals surface area (Å²) in [5.41, 5.74) is 4.48. The van der Waals surface area contributed by atoms with Gasteiger partial charge in [0.15, 0.2) is 0 Å². The van der Waals surface area contributed by atoms with Crippen molar-refractivity contribution in [3.63, 3.8) is 0 Å². The Morgan fingerprint density at radius 3 is 2.88 bits per heavy atom. The number of aliphatic hydroxyl groups excluding tert-OH is 1. The first-order chi connectivity index (χ1) is 16.1. The lowest BCUT2D eigenvalue weighted by Crippen LogP contribution is -2.37. The number of amides is 1. The lowest BCUT2D eigenvalue weighted by molar-refractivity contribution is -0.127. The third-order valence-corrected chi connectivity index (χ3v) is 7.95. The van der Waals surface area contributed by atoms with Crippen molar-refractivity contribution in [1.29, 1.82) is 0 Å². The molecular weight excluding hydrogens is 454 g/mol. The Bertz CT molecular complexity index is 1180. The molecule has 1 fully saturated rings. The number of benzene rings is 1. The van der Waals surface area contributed by atoms with Gasteiger partial charge in [0.05, 0.1) is 23.5 Å². The van der Waals surface area contributed by atoms with E-state index in [4.69, 9.17) is 16.6 Å². The summed E-state index contributed by atoms with van der Waals surface area (Å²) in [6.45, 7) is 5.89. The normalized spacial score (nSPS) is 20.1. The maximum atomic E-state index is 12.5. The van der Waals surface area contributed by atoms with E-state index in [9.17, 15) is 9.90 Å². The van der Waals surface area contributed by atoms with Gasteiger partial charge in [0.1, 0.15) is 5.82 Å². The van der Waals surface area contributed by atoms with Gasteiger partial charge < -0.3 is 14.9 Å². The number of thiophene rings is 1. The first-order valence-corrected chi connectivity index (χ1v) is 12.4. The highest BCUT2D eigenvalue weighted by Gasteiger charge is 2.32. The van der Waals surface area contributed by atoms with Crippen LogP contribution in [0, 0.1) is 0 Å². The number of fused-ring (bicyclic) bond motifs is 1. The van der Waals surface area contributed by atoms with Gasteiger partial charge in [0, 0.05) is 35.6 Å². The molecule has 2 aliphatic rings. The van der Waals surface area contributed by atoms with Crippen LogP contribution in [0.25, 0.3) is 11.1 Å². The van der Waals surface area contributed by atoms with E-state index in [1.807, 2.05) is 35.4 Å². The van der Waals surface area contributed by atoms with E-state index < -0.39 is 0 Å².